The lowest BCUT2D eigenvalue weighted by atomic mass is 10.1. The Labute approximate surface area is 209 Å². The van der Waals surface area contributed by atoms with Crippen molar-refractivity contribution in [2.24, 2.45) is 0 Å². The van der Waals surface area contributed by atoms with Crippen molar-refractivity contribution >= 4 is 34.3 Å². The molecule has 0 radical (unpaired) electrons. The number of nitrogens with one attached hydrogen (secondary N) is 1. The van der Waals surface area contributed by atoms with Gasteiger partial charge in [0.15, 0.2) is 11.5 Å². The Bertz CT molecular complexity index is 1230. The van der Waals surface area contributed by atoms with Crippen molar-refractivity contribution < 1.29 is 33.3 Å². The standard InChI is InChI=1S/C25H30N4O7/c1-25(2,3)36-23(32)13-29(4)18-12-19(30)17(10-20(18)31)28-24-15-9-21(34-6)22(35-8-7-33-5)11-16(15)26-14-27-24/h9-12,14H,7-8,13H2,1-6H3,(H,26,27,28). The zero-order valence-electron chi connectivity index (χ0n) is 21.2. The zero-order valence-corrected chi connectivity index (χ0v) is 21.2. The third-order valence-corrected chi connectivity index (χ3v) is 4.98. The normalized spacial score (nSPS) is 13.7. The molecule has 0 fully saturated rings. The second kappa shape index (κ2) is 11.2. The molecule has 36 heavy (non-hydrogen) atoms. The molecule has 0 saturated carbocycles. The largest absolute Gasteiger partial charge is 0.493 e. The second-order valence-corrected chi connectivity index (χ2v) is 8.97. The molecular weight excluding hydrogens is 468 g/mol. The van der Waals surface area contributed by atoms with Crippen molar-refractivity contribution in [3.8, 4) is 11.5 Å². The number of likely N-dealkylation sites (N-methyl/N-ethyl adjacent to an activating group) is 1. The molecule has 11 nitrogen and oxygen atoms in total. The van der Waals surface area contributed by atoms with E-state index < -0.39 is 23.1 Å². The number of benzene rings is 1. The van der Waals surface area contributed by atoms with Crippen LogP contribution in [0.3, 0.4) is 0 Å². The molecule has 11 heteroatoms. The van der Waals surface area contributed by atoms with Gasteiger partial charge in [-0.15, -0.1) is 0 Å². The van der Waals surface area contributed by atoms with E-state index in [0.29, 0.717) is 41.4 Å². The van der Waals surface area contributed by atoms with E-state index in [0.717, 1.165) is 0 Å². The molecule has 1 heterocycles. The van der Waals surface area contributed by atoms with Crippen LogP contribution in [-0.4, -0.2) is 79.0 Å². The molecule has 0 bridgehead atoms. The fraction of sp³-hybridized carbons (Fsp3) is 0.400. The first kappa shape index (κ1) is 26.6. The molecule has 1 aliphatic rings. The number of rotatable bonds is 10. The summed E-state index contributed by atoms with van der Waals surface area (Å²) >= 11 is 0. The van der Waals surface area contributed by atoms with Crippen LogP contribution in [0.5, 0.6) is 11.5 Å². The van der Waals surface area contributed by atoms with Crippen LogP contribution in [0.15, 0.2) is 42.0 Å². The lowest BCUT2D eigenvalue weighted by molar-refractivity contribution is -0.155. The number of esters is 1. The van der Waals surface area contributed by atoms with Gasteiger partial charge in [-0.05, 0) is 26.8 Å². The van der Waals surface area contributed by atoms with Crippen LogP contribution in [0.2, 0.25) is 0 Å². The maximum absolute atomic E-state index is 12.8. The van der Waals surface area contributed by atoms with E-state index in [4.69, 9.17) is 18.9 Å². The van der Waals surface area contributed by atoms with E-state index in [-0.39, 0.29) is 17.9 Å². The van der Waals surface area contributed by atoms with Crippen molar-refractivity contribution in [3.05, 3.63) is 42.0 Å². The summed E-state index contributed by atoms with van der Waals surface area (Å²) in [6.07, 6.45) is 3.69. The van der Waals surface area contributed by atoms with Crippen LogP contribution >= 0.6 is 0 Å². The predicted octanol–water partition coefficient (Wildman–Crippen LogP) is 2.27. The van der Waals surface area contributed by atoms with Crippen LogP contribution in [-0.2, 0) is 23.9 Å². The Morgan fingerprint density at radius 2 is 1.78 bits per heavy atom. The number of hydrogen-bond acceptors (Lipinski definition) is 11. The summed E-state index contributed by atoms with van der Waals surface area (Å²) in [7, 11) is 4.63. The number of ketones is 2. The number of anilines is 1. The molecule has 3 rings (SSSR count). The first-order valence-electron chi connectivity index (χ1n) is 11.2. The fourth-order valence-electron chi connectivity index (χ4n) is 3.40. The van der Waals surface area contributed by atoms with Crippen LogP contribution in [0.4, 0.5) is 5.82 Å². The highest BCUT2D eigenvalue weighted by molar-refractivity contribution is 6.21. The summed E-state index contributed by atoms with van der Waals surface area (Å²) in [6, 6.07) is 3.38. The monoisotopic (exact) mass is 498 g/mol. The van der Waals surface area contributed by atoms with Crippen molar-refractivity contribution in [3.63, 3.8) is 0 Å². The molecule has 1 aromatic heterocycles. The van der Waals surface area contributed by atoms with Gasteiger partial charge in [-0.1, -0.05) is 0 Å². The van der Waals surface area contributed by atoms with E-state index in [1.54, 1.807) is 47.1 Å². The Morgan fingerprint density at radius 1 is 1.03 bits per heavy atom. The average molecular weight is 499 g/mol. The maximum Gasteiger partial charge on any atom is 0.326 e. The van der Waals surface area contributed by atoms with Gasteiger partial charge in [0, 0.05) is 37.8 Å². The third-order valence-electron chi connectivity index (χ3n) is 4.98. The number of nitrogens with zero attached hydrogens (tertiary/aromatic N) is 3. The van der Waals surface area contributed by atoms with E-state index in [1.165, 1.54) is 30.5 Å². The first-order chi connectivity index (χ1) is 17.0. The molecule has 192 valence electrons. The van der Waals surface area contributed by atoms with Gasteiger partial charge in [-0.3, -0.25) is 14.4 Å². The van der Waals surface area contributed by atoms with Gasteiger partial charge in [0.1, 0.15) is 30.9 Å². The number of ether oxygens (including phenoxy) is 4. The highest BCUT2D eigenvalue weighted by Crippen LogP contribution is 2.34. The summed E-state index contributed by atoms with van der Waals surface area (Å²) < 4.78 is 21.4. The molecule has 1 aromatic carbocycles. The fourth-order valence-corrected chi connectivity index (χ4v) is 3.40. The van der Waals surface area contributed by atoms with Crippen LogP contribution < -0.4 is 14.8 Å². The van der Waals surface area contributed by atoms with Crippen molar-refractivity contribution in [1.82, 2.24) is 14.9 Å². The SMILES string of the molecule is COCCOc1cc2ncnc(NC3=CC(=O)C(N(C)CC(=O)OC(C)(C)C)=CC3=O)c2cc1OC. The van der Waals surface area contributed by atoms with Crippen LogP contribution in [0.25, 0.3) is 10.9 Å². The molecule has 0 amide bonds. The summed E-state index contributed by atoms with van der Waals surface area (Å²) in [6.45, 7) is 5.81. The number of aromatic nitrogens is 2. The molecule has 1 N–H and O–H groups in total. The van der Waals surface area contributed by atoms with E-state index in [1.807, 2.05) is 0 Å². The maximum atomic E-state index is 12.8. The molecule has 0 unspecified atom stereocenters. The predicted molar refractivity (Wildman–Crippen MR) is 132 cm³/mol. The Hall–Kier alpha value is -3.99. The van der Waals surface area contributed by atoms with Gasteiger partial charge in [0.2, 0.25) is 11.6 Å². The number of allylic oxidation sites excluding steroid dienone is 2. The quantitative estimate of drug-likeness (QED) is 0.294. The van der Waals surface area contributed by atoms with Crippen molar-refractivity contribution in [1.29, 1.82) is 0 Å². The smallest absolute Gasteiger partial charge is 0.326 e. The van der Waals surface area contributed by atoms with E-state index in [2.05, 4.69) is 15.3 Å². The molecule has 1 aliphatic carbocycles. The van der Waals surface area contributed by atoms with Gasteiger partial charge >= 0.3 is 5.97 Å². The Morgan fingerprint density at radius 3 is 2.44 bits per heavy atom. The summed E-state index contributed by atoms with van der Waals surface area (Å²) in [5.41, 5.74) is 0.0108. The molecule has 0 aliphatic heterocycles. The number of methoxy groups -OCH3 is 2. The number of carbonyl (C=O) groups excluding carboxylic acids is 3. The minimum absolute atomic E-state index is 0.0359. The third kappa shape index (κ3) is 6.57. The van der Waals surface area contributed by atoms with Gasteiger partial charge in [0.05, 0.1) is 30.6 Å². The van der Waals surface area contributed by atoms with Gasteiger partial charge in [-0.25, -0.2) is 9.97 Å². The lowest BCUT2D eigenvalue weighted by Gasteiger charge is -2.25. The van der Waals surface area contributed by atoms with E-state index >= 15 is 0 Å². The highest BCUT2D eigenvalue weighted by atomic mass is 16.6. The topological polar surface area (TPSA) is 129 Å². The molecule has 2 aromatic rings. The molecule has 0 spiro atoms. The highest BCUT2D eigenvalue weighted by Gasteiger charge is 2.26. The summed E-state index contributed by atoms with van der Waals surface area (Å²) in [5.74, 6) is -0.149. The van der Waals surface area contributed by atoms with Crippen LogP contribution in [0.1, 0.15) is 20.8 Å². The number of hydrogen-bond donors (Lipinski definition) is 1. The van der Waals surface area contributed by atoms with Gasteiger partial charge in [0.25, 0.3) is 0 Å². The average Bonchev–Trinajstić information content (AvgIpc) is 2.79. The minimum atomic E-state index is -0.657. The Balaban J connectivity index is 1.80. The lowest BCUT2D eigenvalue weighted by Crippen LogP contribution is -2.35. The summed E-state index contributed by atoms with van der Waals surface area (Å²) in [4.78, 5) is 47.6. The number of carbonyl (C=O) groups is 3. The van der Waals surface area contributed by atoms with Gasteiger partial charge in [-0.2, -0.15) is 0 Å². The van der Waals surface area contributed by atoms with Crippen molar-refractivity contribution in [2.75, 3.05) is 46.3 Å². The van der Waals surface area contributed by atoms with Crippen LogP contribution in [0, 0.1) is 0 Å². The second-order valence-electron chi connectivity index (χ2n) is 8.97. The zero-order chi connectivity index (χ0) is 26.5. The minimum Gasteiger partial charge on any atom is -0.493 e. The Kier molecular flexibility index (Phi) is 8.25. The van der Waals surface area contributed by atoms with Crippen molar-refractivity contribution in [2.45, 2.75) is 26.4 Å². The molecule has 0 saturated heterocycles. The number of fused-ring (bicyclic) bond motifs is 1. The molecular formula is C25H30N4O7. The summed E-state index contributed by atoms with van der Waals surface area (Å²) in [5, 5.41) is 3.49. The van der Waals surface area contributed by atoms with E-state index in [9.17, 15) is 14.4 Å². The van der Waals surface area contributed by atoms with Gasteiger partial charge < -0.3 is 29.2 Å². The molecule has 0 atom stereocenters. The first-order valence-corrected chi connectivity index (χ1v) is 11.2.